The minimum Gasteiger partial charge on any atom is -0.502 e. The van der Waals surface area contributed by atoms with Crippen LogP contribution in [-0.2, 0) is 11.2 Å². The molecule has 0 aliphatic carbocycles. The van der Waals surface area contributed by atoms with Gasteiger partial charge in [0.15, 0.2) is 0 Å². The molecule has 0 bridgehead atoms. The Morgan fingerprint density at radius 3 is 3.28 bits per heavy atom. The van der Waals surface area contributed by atoms with Crippen LogP contribution in [-0.4, -0.2) is 19.8 Å². The summed E-state index contributed by atoms with van der Waals surface area (Å²) in [6.07, 6.45) is 3.51. The molecule has 1 aliphatic rings. The molecule has 1 unspecified atom stereocenters. The van der Waals surface area contributed by atoms with Crippen molar-refractivity contribution in [3.8, 4) is 5.75 Å². The zero-order valence-electron chi connectivity index (χ0n) is 10.9. The van der Waals surface area contributed by atoms with E-state index in [4.69, 9.17) is 9.47 Å². The van der Waals surface area contributed by atoms with E-state index in [2.05, 4.69) is 37.0 Å². The van der Waals surface area contributed by atoms with E-state index >= 15 is 0 Å². The van der Waals surface area contributed by atoms with Crippen LogP contribution in [0, 0.1) is 0 Å². The third-order valence-corrected chi connectivity index (χ3v) is 3.22. The van der Waals surface area contributed by atoms with E-state index in [1.54, 1.807) is 0 Å². The van der Waals surface area contributed by atoms with Crippen LogP contribution in [0.15, 0.2) is 31.0 Å². The zero-order chi connectivity index (χ0) is 12.8. The Balaban J connectivity index is 1.81. The van der Waals surface area contributed by atoms with Gasteiger partial charge in [0.2, 0.25) is 0 Å². The fourth-order valence-corrected chi connectivity index (χ4v) is 2.15. The highest BCUT2D eigenvalue weighted by Gasteiger charge is 2.14. The monoisotopic (exact) mass is 247 g/mol. The molecule has 2 rings (SSSR count). The quantitative estimate of drug-likeness (QED) is 0.593. The fraction of sp³-hybridized carbons (Fsp3) is 0.467. The lowest BCUT2D eigenvalue weighted by molar-refractivity contribution is 0.243. The molecule has 1 aliphatic heterocycles. The van der Waals surface area contributed by atoms with Crippen LogP contribution in [0.4, 0.5) is 0 Å². The maximum absolute atomic E-state index is 5.51. The Labute approximate surface area is 109 Å². The highest BCUT2D eigenvalue weighted by Crippen LogP contribution is 2.27. The van der Waals surface area contributed by atoms with E-state index < -0.39 is 0 Å². The highest BCUT2D eigenvalue weighted by molar-refractivity contribution is 5.40. The topological polar surface area (TPSA) is 30.5 Å². The number of benzene rings is 1. The van der Waals surface area contributed by atoms with E-state index in [0.717, 1.165) is 38.3 Å². The lowest BCUT2D eigenvalue weighted by Gasteiger charge is -2.15. The summed E-state index contributed by atoms with van der Waals surface area (Å²) < 4.78 is 10.6. The van der Waals surface area contributed by atoms with Crippen LogP contribution in [0.25, 0.3) is 0 Å². The first-order chi connectivity index (χ1) is 8.81. The molecule has 0 radical (unpaired) electrons. The van der Waals surface area contributed by atoms with Gasteiger partial charge in [-0.25, -0.2) is 0 Å². The lowest BCUT2D eigenvalue weighted by Crippen LogP contribution is -2.20. The van der Waals surface area contributed by atoms with Crippen molar-refractivity contribution in [1.82, 2.24) is 5.32 Å². The van der Waals surface area contributed by atoms with Crippen molar-refractivity contribution in [2.75, 3.05) is 19.8 Å². The average Bonchev–Trinajstić information content (AvgIpc) is 2.85. The summed E-state index contributed by atoms with van der Waals surface area (Å²) in [5.41, 5.74) is 2.65. The van der Waals surface area contributed by atoms with Gasteiger partial charge < -0.3 is 14.8 Å². The second-order valence-electron chi connectivity index (χ2n) is 4.53. The lowest BCUT2D eigenvalue weighted by atomic mass is 10.0. The molecule has 98 valence electrons. The van der Waals surface area contributed by atoms with Gasteiger partial charge in [-0.15, -0.1) is 0 Å². The third-order valence-electron chi connectivity index (χ3n) is 3.22. The summed E-state index contributed by atoms with van der Waals surface area (Å²) in [6.45, 7) is 8.20. The molecule has 3 nitrogen and oxygen atoms in total. The third kappa shape index (κ3) is 3.26. The molecule has 0 aromatic heterocycles. The number of fused-ring (bicyclic) bond motifs is 1. The second kappa shape index (κ2) is 6.45. The summed E-state index contributed by atoms with van der Waals surface area (Å²) in [4.78, 5) is 0. The van der Waals surface area contributed by atoms with E-state index in [0.29, 0.717) is 6.04 Å². The second-order valence-corrected chi connectivity index (χ2v) is 4.53. The Kier molecular flexibility index (Phi) is 4.65. The Morgan fingerprint density at radius 1 is 1.56 bits per heavy atom. The van der Waals surface area contributed by atoms with E-state index in [-0.39, 0.29) is 0 Å². The molecule has 0 spiro atoms. The Hall–Kier alpha value is -1.48. The van der Waals surface area contributed by atoms with Crippen LogP contribution in [0.5, 0.6) is 5.75 Å². The molecule has 18 heavy (non-hydrogen) atoms. The highest BCUT2D eigenvalue weighted by atomic mass is 16.5. The molecular weight excluding hydrogens is 226 g/mol. The summed E-state index contributed by atoms with van der Waals surface area (Å²) in [7, 11) is 0. The fourth-order valence-electron chi connectivity index (χ4n) is 2.15. The van der Waals surface area contributed by atoms with Gasteiger partial charge in [-0.05, 0) is 37.1 Å². The smallest absolute Gasteiger partial charge is 0.122 e. The molecule has 0 saturated carbocycles. The summed E-state index contributed by atoms with van der Waals surface area (Å²) >= 11 is 0. The van der Waals surface area contributed by atoms with Gasteiger partial charge in [0.25, 0.3) is 0 Å². The molecule has 1 aromatic carbocycles. The number of hydrogen-bond donors (Lipinski definition) is 1. The molecule has 1 N–H and O–H groups in total. The molecule has 1 heterocycles. The van der Waals surface area contributed by atoms with Gasteiger partial charge in [0.05, 0.1) is 19.5 Å². The maximum Gasteiger partial charge on any atom is 0.122 e. The Bertz CT molecular complexity index is 403. The van der Waals surface area contributed by atoms with Crippen LogP contribution >= 0.6 is 0 Å². The number of nitrogens with one attached hydrogen (secondary N) is 1. The molecule has 3 heteroatoms. The van der Waals surface area contributed by atoms with Crippen molar-refractivity contribution < 1.29 is 9.47 Å². The average molecular weight is 247 g/mol. The van der Waals surface area contributed by atoms with Crippen molar-refractivity contribution >= 4 is 0 Å². The van der Waals surface area contributed by atoms with Crippen LogP contribution < -0.4 is 10.1 Å². The van der Waals surface area contributed by atoms with E-state index in [1.165, 1.54) is 17.4 Å². The van der Waals surface area contributed by atoms with Gasteiger partial charge in [0, 0.05) is 12.5 Å². The molecule has 0 amide bonds. The largest absolute Gasteiger partial charge is 0.502 e. The van der Waals surface area contributed by atoms with Crippen molar-refractivity contribution in [3.63, 3.8) is 0 Å². The minimum absolute atomic E-state index is 0.361. The zero-order valence-corrected chi connectivity index (χ0v) is 10.9. The first kappa shape index (κ1) is 13.0. The number of ether oxygens (including phenoxy) is 2. The number of rotatable bonds is 7. The predicted molar refractivity (Wildman–Crippen MR) is 72.8 cm³/mol. The van der Waals surface area contributed by atoms with Gasteiger partial charge in [-0.2, -0.15) is 0 Å². The molecule has 1 atom stereocenters. The van der Waals surface area contributed by atoms with Crippen molar-refractivity contribution in [2.24, 2.45) is 0 Å². The van der Waals surface area contributed by atoms with Crippen LogP contribution in [0.1, 0.15) is 30.5 Å². The molecule has 0 saturated heterocycles. The first-order valence-electron chi connectivity index (χ1n) is 6.53. The summed E-state index contributed by atoms with van der Waals surface area (Å²) in [6, 6.07) is 6.83. The summed E-state index contributed by atoms with van der Waals surface area (Å²) in [5, 5.41) is 3.49. The van der Waals surface area contributed by atoms with Gasteiger partial charge >= 0.3 is 0 Å². The summed E-state index contributed by atoms with van der Waals surface area (Å²) in [5.74, 6) is 1.05. The van der Waals surface area contributed by atoms with Crippen LogP contribution in [0.3, 0.4) is 0 Å². The molecule has 0 fully saturated rings. The maximum atomic E-state index is 5.51. The van der Waals surface area contributed by atoms with Gasteiger partial charge in [-0.3, -0.25) is 0 Å². The first-order valence-corrected chi connectivity index (χ1v) is 6.53. The van der Waals surface area contributed by atoms with Gasteiger partial charge in [0.1, 0.15) is 5.75 Å². The minimum atomic E-state index is 0.361. The predicted octanol–water partition coefficient (Wildman–Crippen LogP) is 2.82. The van der Waals surface area contributed by atoms with Crippen LogP contribution in [0.2, 0.25) is 0 Å². The van der Waals surface area contributed by atoms with Crippen molar-refractivity contribution in [3.05, 3.63) is 42.2 Å². The Morgan fingerprint density at radius 2 is 2.44 bits per heavy atom. The van der Waals surface area contributed by atoms with Crippen molar-refractivity contribution in [2.45, 2.75) is 25.8 Å². The van der Waals surface area contributed by atoms with E-state index in [9.17, 15) is 0 Å². The van der Waals surface area contributed by atoms with Gasteiger partial charge in [-0.1, -0.05) is 18.7 Å². The van der Waals surface area contributed by atoms with Crippen molar-refractivity contribution in [1.29, 1.82) is 0 Å². The SMILES string of the molecule is C=COCCCNC(C)c1ccc2c(c1)CCO2. The molecule has 1 aromatic rings. The molecular formula is C15H21NO2. The van der Waals surface area contributed by atoms with E-state index in [1.807, 2.05) is 0 Å². The number of hydrogen-bond acceptors (Lipinski definition) is 3. The standard InChI is InChI=1S/C15H21NO2/c1-3-17-9-4-8-16-12(2)13-5-6-15-14(11-13)7-10-18-15/h3,5-6,11-12,16H,1,4,7-10H2,2H3. The normalized spacial score (nSPS) is 14.7.